The van der Waals surface area contributed by atoms with Gasteiger partial charge >= 0.3 is 5.97 Å². The molecule has 1 unspecified atom stereocenters. The first-order valence-corrected chi connectivity index (χ1v) is 11.5. The predicted octanol–water partition coefficient (Wildman–Crippen LogP) is 2.15. The lowest BCUT2D eigenvalue weighted by molar-refractivity contribution is -0.158. The molecule has 0 radical (unpaired) electrons. The van der Waals surface area contributed by atoms with E-state index in [4.69, 9.17) is 4.74 Å². The van der Waals surface area contributed by atoms with E-state index >= 15 is 0 Å². The molecule has 154 valence electrons. The fourth-order valence-electron chi connectivity index (χ4n) is 2.92. The number of benzene rings is 1. The molecule has 3 rings (SSSR count). The average Bonchev–Trinajstić information content (AvgIpc) is 3.19. The normalized spacial score (nSPS) is 15.1. The van der Waals surface area contributed by atoms with Gasteiger partial charge in [0.2, 0.25) is 10.0 Å². The fraction of sp³-hybridized carbons (Fsp3) is 0.300. The van der Waals surface area contributed by atoms with Crippen molar-refractivity contribution in [1.29, 1.82) is 0 Å². The zero-order chi connectivity index (χ0) is 20.9. The Morgan fingerprint density at radius 3 is 2.79 bits per heavy atom. The lowest BCUT2D eigenvalue weighted by Gasteiger charge is -2.29. The van der Waals surface area contributed by atoms with E-state index < -0.39 is 28.6 Å². The van der Waals surface area contributed by atoms with Crippen molar-refractivity contribution in [3.05, 3.63) is 63.2 Å². The van der Waals surface area contributed by atoms with Crippen LogP contribution in [0.25, 0.3) is 6.08 Å². The van der Waals surface area contributed by atoms with Crippen LogP contribution < -0.4 is 4.72 Å². The number of ether oxygens (including phenoxy) is 1. The van der Waals surface area contributed by atoms with Gasteiger partial charge in [-0.25, -0.2) is 13.1 Å². The zero-order valence-electron chi connectivity index (χ0n) is 15.9. The number of amides is 1. The van der Waals surface area contributed by atoms with Gasteiger partial charge in [-0.3, -0.25) is 9.59 Å². The summed E-state index contributed by atoms with van der Waals surface area (Å²) >= 11 is 1.68. The molecular formula is C20H22N2O5S2. The minimum atomic E-state index is -3.80. The highest BCUT2D eigenvalue weighted by atomic mass is 32.2. The van der Waals surface area contributed by atoms with Crippen LogP contribution in [-0.4, -0.2) is 44.4 Å². The maximum absolute atomic E-state index is 12.5. The first-order valence-electron chi connectivity index (χ1n) is 9.10. The molecule has 9 heteroatoms. The second-order valence-corrected chi connectivity index (χ2v) is 9.24. The van der Waals surface area contributed by atoms with Crippen LogP contribution in [0.4, 0.5) is 0 Å². The Morgan fingerprint density at radius 1 is 1.28 bits per heavy atom. The van der Waals surface area contributed by atoms with Crippen LogP contribution in [0.1, 0.15) is 22.9 Å². The Kier molecular flexibility index (Phi) is 6.83. The average molecular weight is 435 g/mol. The largest absolute Gasteiger partial charge is 0.452 e. The summed E-state index contributed by atoms with van der Waals surface area (Å²) in [5.74, 6) is -1.10. The van der Waals surface area contributed by atoms with Gasteiger partial charge in [-0.15, -0.1) is 11.3 Å². The molecule has 1 amide bonds. The minimum absolute atomic E-state index is 0.290. The summed E-state index contributed by atoms with van der Waals surface area (Å²) in [5, 5.41) is 2.98. The molecule has 29 heavy (non-hydrogen) atoms. The summed E-state index contributed by atoms with van der Waals surface area (Å²) in [4.78, 5) is 27.4. The maximum Gasteiger partial charge on any atom is 0.321 e. The van der Waals surface area contributed by atoms with Crippen LogP contribution >= 0.6 is 11.3 Å². The molecule has 2 aromatic rings. The molecule has 0 aliphatic carbocycles. The number of carbonyl (C=O) groups is 2. The van der Waals surface area contributed by atoms with Crippen molar-refractivity contribution >= 4 is 39.3 Å². The summed E-state index contributed by atoms with van der Waals surface area (Å²) in [6, 6.07) is 10.9. The molecule has 1 atom stereocenters. The van der Waals surface area contributed by atoms with Crippen molar-refractivity contribution in [3.8, 4) is 0 Å². The molecule has 0 saturated carbocycles. The molecule has 1 aliphatic rings. The number of hydrogen-bond donors (Lipinski definition) is 1. The van der Waals surface area contributed by atoms with Crippen LogP contribution in [0, 0.1) is 0 Å². The van der Waals surface area contributed by atoms with E-state index in [9.17, 15) is 18.0 Å². The number of rotatable bonds is 7. The summed E-state index contributed by atoms with van der Waals surface area (Å²) in [7, 11) is -3.80. The van der Waals surface area contributed by atoms with Crippen molar-refractivity contribution in [3.63, 3.8) is 0 Å². The maximum atomic E-state index is 12.5. The predicted molar refractivity (Wildman–Crippen MR) is 111 cm³/mol. The van der Waals surface area contributed by atoms with Gasteiger partial charge in [-0.2, -0.15) is 0 Å². The molecule has 1 aliphatic heterocycles. The van der Waals surface area contributed by atoms with Crippen molar-refractivity contribution in [2.24, 2.45) is 0 Å². The fourth-order valence-corrected chi connectivity index (χ4v) is 4.56. The zero-order valence-corrected chi connectivity index (χ0v) is 17.5. The molecule has 2 heterocycles. The molecular weight excluding hydrogens is 412 g/mol. The third-order valence-electron chi connectivity index (χ3n) is 4.43. The van der Waals surface area contributed by atoms with Crippen molar-refractivity contribution in [2.45, 2.75) is 26.0 Å². The van der Waals surface area contributed by atoms with Crippen LogP contribution in [0.15, 0.2) is 47.2 Å². The number of carbonyl (C=O) groups excluding carboxylic acids is 2. The third-order valence-corrected chi connectivity index (χ3v) is 6.50. The number of fused-ring (bicyclic) bond motifs is 1. The van der Waals surface area contributed by atoms with E-state index in [0.717, 1.165) is 23.0 Å². The number of sulfonamides is 1. The highest BCUT2D eigenvalue weighted by Crippen LogP contribution is 2.24. The van der Waals surface area contributed by atoms with Crippen molar-refractivity contribution in [1.82, 2.24) is 9.62 Å². The van der Waals surface area contributed by atoms with Gasteiger partial charge in [0.25, 0.3) is 5.91 Å². The second-order valence-electron chi connectivity index (χ2n) is 6.59. The minimum Gasteiger partial charge on any atom is -0.452 e. The van der Waals surface area contributed by atoms with Gasteiger partial charge in [-0.05, 0) is 42.0 Å². The summed E-state index contributed by atoms with van der Waals surface area (Å²) in [6.45, 7) is 2.02. The molecule has 1 N–H and O–H groups in total. The van der Waals surface area contributed by atoms with Crippen molar-refractivity contribution < 1.29 is 22.7 Å². The second kappa shape index (κ2) is 9.34. The highest BCUT2D eigenvalue weighted by Gasteiger charge is 2.27. The summed E-state index contributed by atoms with van der Waals surface area (Å²) < 4.78 is 31.2. The van der Waals surface area contributed by atoms with E-state index in [2.05, 4.69) is 4.72 Å². The first kappa shape index (κ1) is 21.2. The molecule has 1 aromatic carbocycles. The van der Waals surface area contributed by atoms with E-state index in [1.54, 1.807) is 40.5 Å². The number of hydrogen-bond acceptors (Lipinski definition) is 6. The molecule has 0 saturated heterocycles. The molecule has 0 fully saturated rings. The van der Waals surface area contributed by atoms with Gasteiger partial charge in [0.1, 0.15) is 6.54 Å². The summed E-state index contributed by atoms with van der Waals surface area (Å²) in [5.41, 5.74) is 1.83. The standard InChI is InChI=1S/C20H22N2O5S2/c1-15(20(24)22-10-7-18-17(14-22)8-11-28-18)27-19(23)13-21-29(25,26)12-9-16-5-3-2-4-6-16/h2-6,8-9,11-12,15,21H,7,10,13-14H2,1H3/b12-9+. The smallest absolute Gasteiger partial charge is 0.321 e. The Bertz CT molecular complexity index is 999. The quantitative estimate of drug-likeness (QED) is 0.674. The van der Waals surface area contributed by atoms with Crippen molar-refractivity contribution in [2.75, 3.05) is 13.1 Å². The lowest BCUT2D eigenvalue weighted by Crippen LogP contribution is -2.43. The SMILES string of the molecule is CC(OC(=O)CNS(=O)(=O)/C=C/c1ccccc1)C(=O)N1CCc2sccc2C1. The van der Waals surface area contributed by atoms with Gasteiger partial charge in [0.05, 0.1) is 0 Å². The number of thiophene rings is 1. The Labute approximate surface area is 174 Å². The van der Waals surface area contributed by atoms with Gasteiger partial charge in [0.15, 0.2) is 6.10 Å². The monoisotopic (exact) mass is 434 g/mol. The van der Waals surface area contributed by atoms with Crippen LogP contribution in [-0.2, 0) is 37.3 Å². The van der Waals surface area contributed by atoms with E-state index in [-0.39, 0.29) is 5.91 Å². The Hall–Kier alpha value is -2.49. The van der Waals surface area contributed by atoms with Gasteiger partial charge in [-0.1, -0.05) is 30.3 Å². The Morgan fingerprint density at radius 2 is 2.03 bits per heavy atom. The number of esters is 1. The molecule has 1 aromatic heterocycles. The van der Waals surface area contributed by atoms with Crippen LogP contribution in [0.2, 0.25) is 0 Å². The summed E-state index contributed by atoms with van der Waals surface area (Å²) in [6.07, 6.45) is 1.23. The van der Waals surface area contributed by atoms with Gasteiger partial charge in [0, 0.05) is 23.4 Å². The van der Waals surface area contributed by atoms with Crippen LogP contribution in [0.5, 0.6) is 0 Å². The van der Waals surface area contributed by atoms with Crippen LogP contribution in [0.3, 0.4) is 0 Å². The lowest BCUT2D eigenvalue weighted by atomic mass is 10.1. The third kappa shape index (κ3) is 5.99. The highest BCUT2D eigenvalue weighted by molar-refractivity contribution is 7.92. The molecule has 7 nitrogen and oxygen atoms in total. The molecule has 0 spiro atoms. The van der Waals surface area contributed by atoms with E-state index in [0.29, 0.717) is 13.1 Å². The number of nitrogens with zero attached hydrogens (tertiary/aromatic N) is 1. The van der Waals surface area contributed by atoms with Gasteiger partial charge < -0.3 is 9.64 Å². The van der Waals surface area contributed by atoms with E-state index in [1.807, 2.05) is 17.5 Å². The van der Waals surface area contributed by atoms with E-state index in [1.165, 1.54) is 17.9 Å². The first-order chi connectivity index (χ1) is 13.8. The Balaban J connectivity index is 1.47. The topological polar surface area (TPSA) is 92.8 Å². The molecule has 0 bridgehead atoms. The number of nitrogens with one attached hydrogen (secondary N) is 1.